The van der Waals surface area contributed by atoms with Crippen LogP contribution in [0.5, 0.6) is 0 Å². The third kappa shape index (κ3) is 4.16. The molecule has 2 aliphatic rings. The average molecular weight is 322 g/mol. The first-order chi connectivity index (χ1) is 10.8. The molecule has 0 amide bonds. The van der Waals surface area contributed by atoms with E-state index in [4.69, 9.17) is 4.74 Å². The second kappa shape index (κ2) is 7.68. The van der Waals surface area contributed by atoms with Gasteiger partial charge in [-0.25, -0.2) is 0 Å². The van der Waals surface area contributed by atoms with E-state index in [1.165, 1.54) is 11.3 Å². The topological polar surface area (TPSA) is 44.7 Å². The Hall–Kier alpha value is -0.750. The van der Waals surface area contributed by atoms with Crippen LogP contribution in [0, 0.1) is 0 Å². The highest BCUT2D eigenvalue weighted by Gasteiger charge is 2.28. The van der Waals surface area contributed by atoms with Gasteiger partial charge >= 0.3 is 0 Å². The van der Waals surface area contributed by atoms with E-state index in [0.29, 0.717) is 6.54 Å². The lowest BCUT2D eigenvalue weighted by atomic mass is 9.97. The van der Waals surface area contributed by atoms with E-state index < -0.39 is 5.60 Å². The van der Waals surface area contributed by atoms with Gasteiger partial charge in [0.05, 0.1) is 18.8 Å². The smallest absolute Gasteiger partial charge is 0.0787 e. The fraction of sp³-hybridized carbons (Fsp3) is 0.647. The number of aliphatic hydroxyl groups is 1. The van der Waals surface area contributed by atoms with E-state index in [2.05, 4.69) is 34.5 Å². The van der Waals surface area contributed by atoms with E-state index in [9.17, 15) is 5.11 Å². The predicted molar refractivity (Wildman–Crippen MR) is 92.7 cm³/mol. The molecule has 2 fully saturated rings. The van der Waals surface area contributed by atoms with Crippen LogP contribution in [0.3, 0.4) is 0 Å². The van der Waals surface area contributed by atoms with E-state index in [1.807, 2.05) is 11.8 Å². The zero-order chi connectivity index (χ0) is 15.3. The Balaban J connectivity index is 1.57. The number of ether oxygens (including phenoxy) is 1. The van der Waals surface area contributed by atoms with E-state index >= 15 is 0 Å². The van der Waals surface area contributed by atoms with Gasteiger partial charge in [-0.15, -0.1) is 0 Å². The molecule has 4 nitrogen and oxygen atoms in total. The van der Waals surface area contributed by atoms with Crippen molar-refractivity contribution in [3.63, 3.8) is 0 Å². The molecule has 0 bridgehead atoms. The van der Waals surface area contributed by atoms with Gasteiger partial charge in [-0.2, -0.15) is 11.8 Å². The second-order valence-corrected chi connectivity index (χ2v) is 7.39. The highest BCUT2D eigenvalue weighted by Crippen LogP contribution is 2.27. The minimum Gasteiger partial charge on any atom is -0.389 e. The third-order valence-electron chi connectivity index (χ3n) is 4.54. The minimum absolute atomic E-state index is 0.515. The van der Waals surface area contributed by atoms with Gasteiger partial charge in [-0.1, -0.05) is 18.2 Å². The number of hydrogen-bond acceptors (Lipinski definition) is 5. The standard InChI is InChI=1S/C17H26N2O2S/c20-17(5-11-22-12-6-17)14-18-13-15-3-1-2-4-16(15)19-7-9-21-10-8-19/h1-4,18,20H,5-14H2. The zero-order valence-corrected chi connectivity index (χ0v) is 13.9. The molecule has 122 valence electrons. The molecule has 0 aromatic heterocycles. The van der Waals surface area contributed by atoms with Crippen molar-refractivity contribution in [3.05, 3.63) is 29.8 Å². The highest BCUT2D eigenvalue weighted by atomic mass is 32.2. The van der Waals surface area contributed by atoms with E-state index in [1.54, 1.807) is 0 Å². The quantitative estimate of drug-likeness (QED) is 0.866. The second-order valence-electron chi connectivity index (χ2n) is 6.17. The summed E-state index contributed by atoms with van der Waals surface area (Å²) < 4.78 is 5.44. The van der Waals surface area contributed by atoms with Gasteiger partial charge in [0.15, 0.2) is 0 Å². The van der Waals surface area contributed by atoms with Crippen LogP contribution in [-0.4, -0.2) is 55.1 Å². The first-order valence-corrected chi connectivity index (χ1v) is 9.34. The van der Waals surface area contributed by atoms with Crippen LogP contribution in [-0.2, 0) is 11.3 Å². The van der Waals surface area contributed by atoms with Gasteiger partial charge in [-0.3, -0.25) is 0 Å². The first-order valence-electron chi connectivity index (χ1n) is 8.18. The third-order valence-corrected chi connectivity index (χ3v) is 5.52. The molecule has 1 aromatic rings. The van der Waals surface area contributed by atoms with Crippen molar-refractivity contribution in [2.24, 2.45) is 0 Å². The molecule has 2 N–H and O–H groups in total. The SMILES string of the molecule is OC1(CNCc2ccccc2N2CCOCC2)CCSCC1. The molecule has 0 aliphatic carbocycles. The number of thioether (sulfide) groups is 1. The molecule has 0 spiro atoms. The lowest BCUT2D eigenvalue weighted by molar-refractivity contribution is 0.0320. The number of morpholine rings is 1. The molecule has 3 rings (SSSR count). The summed E-state index contributed by atoms with van der Waals surface area (Å²) in [5.41, 5.74) is 2.08. The number of rotatable bonds is 5. The van der Waals surface area contributed by atoms with Crippen molar-refractivity contribution in [3.8, 4) is 0 Å². The van der Waals surface area contributed by atoms with Gasteiger partial charge in [0.2, 0.25) is 0 Å². The molecule has 0 radical (unpaired) electrons. The van der Waals surface area contributed by atoms with E-state index in [0.717, 1.165) is 57.2 Å². The average Bonchev–Trinajstić information content (AvgIpc) is 2.57. The lowest BCUT2D eigenvalue weighted by Crippen LogP contribution is -2.43. The molecule has 0 unspecified atom stereocenters. The Morgan fingerprint density at radius 3 is 2.68 bits per heavy atom. The zero-order valence-electron chi connectivity index (χ0n) is 13.1. The van der Waals surface area contributed by atoms with Crippen molar-refractivity contribution in [1.82, 2.24) is 5.32 Å². The fourth-order valence-electron chi connectivity index (χ4n) is 3.13. The number of anilines is 1. The van der Waals surface area contributed by atoms with Crippen molar-refractivity contribution in [1.29, 1.82) is 0 Å². The monoisotopic (exact) mass is 322 g/mol. The number of hydrogen-bond donors (Lipinski definition) is 2. The summed E-state index contributed by atoms with van der Waals surface area (Å²) in [6.07, 6.45) is 1.80. The van der Waals surface area contributed by atoms with Gasteiger partial charge in [-0.05, 0) is 36.0 Å². The molecule has 0 saturated carbocycles. The molecule has 5 heteroatoms. The van der Waals surface area contributed by atoms with Crippen molar-refractivity contribution in [2.45, 2.75) is 25.0 Å². The van der Waals surface area contributed by atoms with Gasteiger partial charge < -0.3 is 20.1 Å². The van der Waals surface area contributed by atoms with Crippen molar-refractivity contribution >= 4 is 17.4 Å². The molecule has 1 aromatic carbocycles. The maximum absolute atomic E-state index is 10.6. The van der Waals surface area contributed by atoms with Crippen LogP contribution < -0.4 is 10.2 Å². The Bertz CT molecular complexity index is 471. The Morgan fingerprint density at radius 1 is 1.18 bits per heavy atom. The largest absolute Gasteiger partial charge is 0.389 e. The fourth-order valence-corrected chi connectivity index (χ4v) is 4.38. The molecule has 22 heavy (non-hydrogen) atoms. The van der Waals surface area contributed by atoms with Crippen LogP contribution in [0.25, 0.3) is 0 Å². The summed E-state index contributed by atoms with van der Waals surface area (Å²) in [4.78, 5) is 2.40. The highest BCUT2D eigenvalue weighted by molar-refractivity contribution is 7.99. The summed E-state index contributed by atoms with van der Waals surface area (Å²) >= 11 is 1.94. The van der Waals surface area contributed by atoms with Crippen LogP contribution in [0.2, 0.25) is 0 Å². The molecular formula is C17H26N2O2S. The summed E-state index contributed by atoms with van der Waals surface area (Å²) in [7, 11) is 0. The van der Waals surface area contributed by atoms with Gasteiger partial charge in [0, 0.05) is 31.9 Å². The van der Waals surface area contributed by atoms with Crippen molar-refractivity contribution < 1.29 is 9.84 Å². The molecule has 2 heterocycles. The maximum atomic E-state index is 10.6. The van der Waals surface area contributed by atoms with Gasteiger partial charge in [0.1, 0.15) is 0 Å². The number of benzene rings is 1. The lowest BCUT2D eigenvalue weighted by Gasteiger charge is -2.33. The first kappa shape index (κ1) is 16.1. The van der Waals surface area contributed by atoms with Gasteiger partial charge in [0.25, 0.3) is 0 Å². The van der Waals surface area contributed by atoms with Crippen LogP contribution >= 0.6 is 11.8 Å². The van der Waals surface area contributed by atoms with Crippen LogP contribution in [0.4, 0.5) is 5.69 Å². The number of para-hydroxylation sites is 1. The summed E-state index contributed by atoms with van der Waals surface area (Å²) in [5.74, 6) is 2.14. The predicted octanol–water partition coefficient (Wildman–Crippen LogP) is 1.87. The summed E-state index contributed by atoms with van der Waals surface area (Å²) in [5, 5.41) is 14.0. The molecular weight excluding hydrogens is 296 g/mol. The Morgan fingerprint density at radius 2 is 1.91 bits per heavy atom. The summed E-state index contributed by atoms with van der Waals surface area (Å²) in [6.45, 7) is 5.02. The van der Waals surface area contributed by atoms with Crippen molar-refractivity contribution in [2.75, 3.05) is 49.3 Å². The maximum Gasteiger partial charge on any atom is 0.0787 e. The summed E-state index contributed by atoms with van der Waals surface area (Å²) in [6, 6.07) is 8.56. The minimum atomic E-state index is -0.515. The number of nitrogens with one attached hydrogen (secondary N) is 1. The molecule has 2 saturated heterocycles. The Kier molecular flexibility index (Phi) is 5.63. The Labute approximate surface area is 137 Å². The number of nitrogens with zero attached hydrogens (tertiary/aromatic N) is 1. The van der Waals surface area contributed by atoms with E-state index in [-0.39, 0.29) is 0 Å². The normalized spacial score (nSPS) is 21.8. The van der Waals surface area contributed by atoms with Crippen LogP contribution in [0.15, 0.2) is 24.3 Å². The molecule has 0 atom stereocenters. The molecule has 2 aliphatic heterocycles. The van der Waals surface area contributed by atoms with Crippen LogP contribution in [0.1, 0.15) is 18.4 Å².